The lowest BCUT2D eigenvalue weighted by Crippen LogP contribution is -2.17. The van der Waals surface area contributed by atoms with E-state index in [2.05, 4.69) is 0 Å². The fourth-order valence-electron chi connectivity index (χ4n) is 0.597. The predicted octanol–water partition coefficient (Wildman–Crippen LogP) is 1.10. The summed E-state index contributed by atoms with van der Waals surface area (Å²) < 4.78 is 4.91. The van der Waals surface area contributed by atoms with Crippen LogP contribution < -0.4 is 0 Å². The summed E-state index contributed by atoms with van der Waals surface area (Å²) in [5, 5.41) is 8.81. The van der Waals surface area contributed by atoms with Gasteiger partial charge in [-0.05, 0) is 20.3 Å². The molecule has 0 spiro atoms. The first kappa shape index (κ1) is 10.4. The van der Waals surface area contributed by atoms with E-state index in [1.165, 1.54) is 0 Å². The molecule has 0 radical (unpaired) electrons. The van der Waals surface area contributed by atoms with Crippen molar-refractivity contribution in [3.63, 3.8) is 0 Å². The Balaban J connectivity index is 3.52. The van der Waals surface area contributed by atoms with Gasteiger partial charge in [0.1, 0.15) is 0 Å². The van der Waals surface area contributed by atoms with Crippen LogP contribution in [0.4, 0.5) is 0 Å². The van der Waals surface area contributed by atoms with E-state index in [1.54, 1.807) is 6.92 Å². The topological polar surface area (TPSA) is 46.5 Å². The summed E-state index contributed by atoms with van der Waals surface area (Å²) in [6.07, 6.45) is 0.253. The molecule has 0 saturated carbocycles. The molecule has 0 rings (SSSR count). The molecular weight excluding hydrogens is 144 g/mol. The molecule has 0 aliphatic carbocycles. The average Bonchev–Trinajstić information content (AvgIpc) is 1.85. The number of carbonyl (C=O) groups excluding carboxylic acids is 1. The second-order valence-corrected chi connectivity index (χ2v) is 2.76. The number of aliphatic hydroxyl groups is 1. The highest BCUT2D eigenvalue weighted by atomic mass is 16.5. The number of hydrogen-bond donors (Lipinski definition) is 1. The molecular formula is C8H16O3. The molecule has 0 aromatic heterocycles. The van der Waals surface area contributed by atoms with Crippen molar-refractivity contribution in [1.82, 2.24) is 0 Å². The smallest absolute Gasteiger partial charge is 0.308 e. The summed E-state index contributed by atoms with van der Waals surface area (Å²) in [4.78, 5) is 10.8. The molecule has 2 atom stereocenters. The first-order valence-electron chi connectivity index (χ1n) is 3.93. The van der Waals surface area contributed by atoms with Gasteiger partial charge in [-0.15, -0.1) is 0 Å². The van der Waals surface area contributed by atoms with E-state index in [9.17, 15) is 4.79 Å². The van der Waals surface area contributed by atoms with E-state index < -0.39 is 6.10 Å². The molecule has 0 heterocycles. The highest BCUT2D eigenvalue weighted by Gasteiger charge is 2.09. The highest BCUT2D eigenvalue weighted by molar-refractivity contribution is 5.70. The summed E-state index contributed by atoms with van der Waals surface area (Å²) in [6, 6.07) is 0. The Morgan fingerprint density at radius 1 is 1.55 bits per heavy atom. The largest absolute Gasteiger partial charge is 0.463 e. The Bertz CT molecular complexity index is 121. The summed E-state index contributed by atoms with van der Waals surface area (Å²) in [6.45, 7) is 5.35. The van der Waals surface area contributed by atoms with Gasteiger partial charge in [0, 0.05) is 0 Å². The van der Waals surface area contributed by atoms with E-state index in [-0.39, 0.29) is 18.5 Å². The Labute approximate surface area is 67.4 Å². The van der Waals surface area contributed by atoms with Crippen LogP contribution in [0.25, 0.3) is 0 Å². The van der Waals surface area contributed by atoms with E-state index in [0.717, 1.165) is 6.42 Å². The fourth-order valence-corrected chi connectivity index (χ4v) is 0.597. The van der Waals surface area contributed by atoms with E-state index in [4.69, 9.17) is 9.84 Å². The van der Waals surface area contributed by atoms with Crippen LogP contribution in [0.3, 0.4) is 0 Å². The molecule has 0 aliphatic rings. The summed E-state index contributed by atoms with van der Waals surface area (Å²) in [7, 11) is 0. The Morgan fingerprint density at radius 3 is 2.45 bits per heavy atom. The molecule has 66 valence electrons. The summed E-state index contributed by atoms with van der Waals surface area (Å²) >= 11 is 0. The molecule has 0 fully saturated rings. The molecule has 0 aromatic carbocycles. The van der Waals surface area contributed by atoms with Gasteiger partial charge in [-0.2, -0.15) is 0 Å². The third kappa shape index (κ3) is 5.85. The van der Waals surface area contributed by atoms with Crippen molar-refractivity contribution in [1.29, 1.82) is 0 Å². The monoisotopic (exact) mass is 160 g/mol. The molecule has 3 heteroatoms. The lowest BCUT2D eigenvalue weighted by Gasteiger charge is -2.11. The third-order valence-corrected chi connectivity index (χ3v) is 1.37. The fraction of sp³-hybridized carbons (Fsp3) is 0.875. The zero-order chi connectivity index (χ0) is 8.85. The highest BCUT2D eigenvalue weighted by Crippen LogP contribution is 2.00. The van der Waals surface area contributed by atoms with Crippen LogP contribution in [0.15, 0.2) is 0 Å². The van der Waals surface area contributed by atoms with Crippen molar-refractivity contribution in [3.8, 4) is 0 Å². The minimum absolute atomic E-state index is 0.0405. The second-order valence-electron chi connectivity index (χ2n) is 2.76. The van der Waals surface area contributed by atoms with Gasteiger partial charge in [0.15, 0.2) is 0 Å². The lowest BCUT2D eigenvalue weighted by molar-refractivity contribution is -0.150. The zero-order valence-corrected chi connectivity index (χ0v) is 7.33. The molecule has 1 N–H and O–H groups in total. The zero-order valence-electron chi connectivity index (χ0n) is 7.33. The number of hydrogen-bond acceptors (Lipinski definition) is 3. The molecule has 0 aliphatic heterocycles. The lowest BCUT2D eigenvalue weighted by atomic mass is 10.3. The second kappa shape index (κ2) is 5.13. The Morgan fingerprint density at radius 2 is 2.09 bits per heavy atom. The first-order valence-corrected chi connectivity index (χ1v) is 3.93. The standard InChI is InChI=1S/C8H16O3/c1-4-7(3)11-8(10)5-6(2)9/h6-7,9H,4-5H2,1-3H3. The van der Waals surface area contributed by atoms with E-state index >= 15 is 0 Å². The van der Waals surface area contributed by atoms with Gasteiger partial charge in [-0.25, -0.2) is 0 Å². The molecule has 2 unspecified atom stereocenters. The maximum Gasteiger partial charge on any atom is 0.308 e. The normalized spacial score (nSPS) is 15.6. The molecule has 3 nitrogen and oxygen atoms in total. The van der Waals surface area contributed by atoms with Crippen molar-refractivity contribution in [2.75, 3.05) is 0 Å². The molecule has 0 aromatic rings. The van der Waals surface area contributed by atoms with Crippen molar-refractivity contribution in [2.24, 2.45) is 0 Å². The van der Waals surface area contributed by atoms with Gasteiger partial charge >= 0.3 is 5.97 Å². The first-order chi connectivity index (χ1) is 5.06. The van der Waals surface area contributed by atoms with Crippen LogP contribution >= 0.6 is 0 Å². The minimum Gasteiger partial charge on any atom is -0.463 e. The Kier molecular flexibility index (Phi) is 4.86. The van der Waals surface area contributed by atoms with Gasteiger partial charge in [-0.3, -0.25) is 4.79 Å². The molecule has 0 saturated heterocycles. The van der Waals surface area contributed by atoms with Gasteiger partial charge in [-0.1, -0.05) is 6.92 Å². The van der Waals surface area contributed by atoms with Crippen LogP contribution in [0.2, 0.25) is 0 Å². The van der Waals surface area contributed by atoms with Crippen LogP contribution in [-0.4, -0.2) is 23.3 Å². The molecule has 0 bridgehead atoms. The van der Waals surface area contributed by atoms with Crippen molar-refractivity contribution < 1.29 is 14.6 Å². The van der Waals surface area contributed by atoms with Crippen LogP contribution in [-0.2, 0) is 9.53 Å². The minimum atomic E-state index is -0.605. The molecule has 0 amide bonds. The number of aliphatic hydroxyl groups excluding tert-OH is 1. The maximum atomic E-state index is 10.8. The number of rotatable bonds is 4. The predicted molar refractivity (Wildman–Crippen MR) is 42.1 cm³/mol. The molecule has 11 heavy (non-hydrogen) atoms. The average molecular weight is 160 g/mol. The van der Waals surface area contributed by atoms with E-state index in [1.807, 2.05) is 13.8 Å². The van der Waals surface area contributed by atoms with Crippen molar-refractivity contribution >= 4 is 5.97 Å². The van der Waals surface area contributed by atoms with Crippen molar-refractivity contribution in [3.05, 3.63) is 0 Å². The third-order valence-electron chi connectivity index (χ3n) is 1.37. The van der Waals surface area contributed by atoms with Crippen LogP contribution in [0.1, 0.15) is 33.6 Å². The van der Waals surface area contributed by atoms with Crippen LogP contribution in [0.5, 0.6) is 0 Å². The van der Waals surface area contributed by atoms with Crippen molar-refractivity contribution in [2.45, 2.75) is 45.8 Å². The summed E-state index contributed by atoms with van der Waals surface area (Å²) in [5.74, 6) is -0.325. The van der Waals surface area contributed by atoms with E-state index in [0.29, 0.717) is 0 Å². The number of carbonyl (C=O) groups is 1. The van der Waals surface area contributed by atoms with Gasteiger partial charge < -0.3 is 9.84 Å². The maximum absolute atomic E-state index is 10.8. The van der Waals surface area contributed by atoms with Crippen LogP contribution in [0, 0.1) is 0 Å². The quantitative estimate of drug-likeness (QED) is 0.626. The van der Waals surface area contributed by atoms with Gasteiger partial charge in [0.2, 0.25) is 0 Å². The number of ether oxygens (including phenoxy) is 1. The van der Waals surface area contributed by atoms with Gasteiger partial charge in [0.05, 0.1) is 18.6 Å². The SMILES string of the molecule is CCC(C)OC(=O)CC(C)O. The summed E-state index contributed by atoms with van der Waals surface area (Å²) in [5.41, 5.74) is 0. The Hall–Kier alpha value is -0.570. The van der Waals surface area contributed by atoms with Gasteiger partial charge in [0.25, 0.3) is 0 Å². The number of esters is 1.